The Kier molecular flexibility index (Phi) is 4.93. The van der Waals surface area contributed by atoms with E-state index in [0.717, 1.165) is 39.3 Å². The Balaban J connectivity index is 1.52. The molecule has 3 heterocycles. The van der Waals surface area contributed by atoms with Crippen molar-refractivity contribution in [3.63, 3.8) is 0 Å². The van der Waals surface area contributed by atoms with E-state index in [1.54, 1.807) is 24.4 Å². The average Bonchev–Trinajstić information content (AvgIpc) is 3.41. The minimum atomic E-state index is -0.249. The number of hydrogen-bond acceptors (Lipinski definition) is 5. The molecule has 1 saturated heterocycles. The monoisotopic (exact) mass is 425 g/mol. The largest absolute Gasteiger partial charge is 0.497 e. The Morgan fingerprint density at radius 3 is 2.72 bits per heavy atom. The number of rotatable bonds is 4. The third-order valence-corrected chi connectivity index (χ3v) is 5.76. The van der Waals surface area contributed by atoms with Crippen LogP contribution < -0.4 is 4.74 Å². The molecule has 0 aliphatic carbocycles. The molecule has 1 amide bonds. The maximum atomic E-state index is 13.7. The van der Waals surface area contributed by atoms with Crippen molar-refractivity contribution in [1.82, 2.24) is 24.8 Å². The molecule has 7 nitrogen and oxygen atoms in total. The summed E-state index contributed by atoms with van der Waals surface area (Å²) in [5.41, 5.74) is 5.56. The Hall–Kier alpha value is -4.00. The van der Waals surface area contributed by atoms with E-state index in [0.29, 0.717) is 24.4 Å². The normalized spacial score (nSPS) is 16.0. The number of fused-ring (bicyclic) bond motifs is 1. The zero-order chi connectivity index (χ0) is 22.2. The average molecular weight is 425 g/mol. The molecule has 160 valence electrons. The van der Waals surface area contributed by atoms with Crippen molar-refractivity contribution >= 4 is 16.9 Å². The minimum Gasteiger partial charge on any atom is -0.497 e. The maximum Gasteiger partial charge on any atom is 0.275 e. The molecular formula is C25H23N5O2. The summed E-state index contributed by atoms with van der Waals surface area (Å²) in [6.07, 6.45) is 3.81. The lowest BCUT2D eigenvalue weighted by molar-refractivity contribution is 0.0727. The number of methoxy groups -OCH3 is 1. The van der Waals surface area contributed by atoms with Gasteiger partial charge >= 0.3 is 0 Å². The molecule has 0 saturated carbocycles. The highest BCUT2D eigenvalue weighted by atomic mass is 16.5. The molecule has 1 unspecified atom stereocenters. The molecule has 0 spiro atoms. The molecule has 2 aromatic heterocycles. The zero-order valence-electron chi connectivity index (χ0n) is 18.0. The quantitative estimate of drug-likeness (QED) is 0.488. The summed E-state index contributed by atoms with van der Waals surface area (Å²) in [6, 6.07) is 13.4. The van der Waals surface area contributed by atoms with Crippen LogP contribution in [0.4, 0.5) is 0 Å². The van der Waals surface area contributed by atoms with Crippen LogP contribution in [0, 0.1) is 6.92 Å². The van der Waals surface area contributed by atoms with Crippen LogP contribution in [0.3, 0.4) is 0 Å². The Morgan fingerprint density at radius 1 is 1.16 bits per heavy atom. The van der Waals surface area contributed by atoms with Gasteiger partial charge in [-0.2, -0.15) is 0 Å². The number of aromatic amines is 1. The number of nitrogens with zero attached hydrogens (tertiary/aromatic N) is 4. The first kappa shape index (κ1) is 19.9. The van der Waals surface area contributed by atoms with Crippen LogP contribution >= 0.6 is 0 Å². The summed E-state index contributed by atoms with van der Waals surface area (Å²) >= 11 is 0. The molecule has 1 aliphatic heterocycles. The van der Waals surface area contributed by atoms with E-state index in [2.05, 4.69) is 21.5 Å². The van der Waals surface area contributed by atoms with Gasteiger partial charge in [0.1, 0.15) is 17.3 Å². The molecule has 1 aliphatic rings. The molecule has 32 heavy (non-hydrogen) atoms. The van der Waals surface area contributed by atoms with Gasteiger partial charge in [0.15, 0.2) is 5.69 Å². The van der Waals surface area contributed by atoms with Crippen LogP contribution in [-0.2, 0) is 0 Å². The molecule has 7 heteroatoms. The lowest BCUT2D eigenvalue weighted by Gasteiger charge is -2.23. The number of nitrogens with one attached hydrogen (secondary N) is 1. The summed E-state index contributed by atoms with van der Waals surface area (Å²) in [6.45, 7) is 6.61. The highest BCUT2D eigenvalue weighted by Gasteiger charge is 2.36. The minimum absolute atomic E-state index is 0.185. The highest BCUT2D eigenvalue weighted by molar-refractivity contribution is 5.98. The topological polar surface area (TPSA) is 84.0 Å². The van der Waals surface area contributed by atoms with Crippen LogP contribution in [-0.4, -0.2) is 44.4 Å². The number of carbonyl (C=O) groups is 1. The number of aromatic nitrogens is 4. The first-order valence-corrected chi connectivity index (χ1v) is 10.4. The van der Waals surface area contributed by atoms with Gasteiger partial charge in [-0.15, -0.1) is 0 Å². The van der Waals surface area contributed by atoms with Crippen molar-refractivity contribution in [3.8, 4) is 17.0 Å². The summed E-state index contributed by atoms with van der Waals surface area (Å²) in [5, 5.41) is 0. The second-order valence-electron chi connectivity index (χ2n) is 8.03. The number of imidazole rings is 1. The van der Waals surface area contributed by atoms with Crippen LogP contribution in [0.2, 0.25) is 0 Å². The fourth-order valence-electron chi connectivity index (χ4n) is 4.10. The lowest BCUT2D eigenvalue weighted by atomic mass is 10.1. The van der Waals surface area contributed by atoms with Crippen LogP contribution in [0.1, 0.15) is 34.3 Å². The van der Waals surface area contributed by atoms with Crippen molar-refractivity contribution in [2.45, 2.75) is 19.4 Å². The fourth-order valence-corrected chi connectivity index (χ4v) is 4.10. The van der Waals surface area contributed by atoms with Gasteiger partial charge in [0.05, 0.1) is 24.2 Å². The predicted molar refractivity (Wildman–Crippen MR) is 122 cm³/mol. The molecule has 1 fully saturated rings. The van der Waals surface area contributed by atoms with E-state index < -0.39 is 0 Å². The van der Waals surface area contributed by atoms with E-state index in [1.807, 2.05) is 49.4 Å². The van der Waals surface area contributed by atoms with Crippen molar-refractivity contribution in [2.75, 3.05) is 13.7 Å². The summed E-state index contributed by atoms with van der Waals surface area (Å²) in [5.74, 6) is 1.29. The van der Waals surface area contributed by atoms with Gasteiger partial charge < -0.3 is 14.6 Å². The number of benzene rings is 2. The zero-order valence-corrected chi connectivity index (χ0v) is 18.0. The number of likely N-dealkylation sites (tertiary alicyclic amines) is 1. The third kappa shape index (κ3) is 3.51. The number of aryl methyl sites for hydroxylation is 1. The van der Waals surface area contributed by atoms with Gasteiger partial charge in [-0.3, -0.25) is 9.78 Å². The Morgan fingerprint density at radius 2 is 1.94 bits per heavy atom. The maximum absolute atomic E-state index is 13.7. The first-order chi connectivity index (χ1) is 15.5. The smallest absolute Gasteiger partial charge is 0.275 e. The van der Waals surface area contributed by atoms with Crippen LogP contribution in [0.5, 0.6) is 5.75 Å². The summed E-state index contributed by atoms with van der Waals surface area (Å²) < 4.78 is 5.31. The fraction of sp³-hybridized carbons (Fsp3) is 0.200. The second kappa shape index (κ2) is 7.92. The van der Waals surface area contributed by atoms with E-state index >= 15 is 0 Å². The number of carbonyl (C=O) groups excluding carboxylic acids is 1. The predicted octanol–water partition coefficient (Wildman–Crippen LogP) is 4.48. The van der Waals surface area contributed by atoms with E-state index in [1.165, 1.54) is 0 Å². The Labute approximate surface area is 185 Å². The van der Waals surface area contributed by atoms with Crippen molar-refractivity contribution in [1.29, 1.82) is 0 Å². The highest BCUT2D eigenvalue weighted by Crippen LogP contribution is 2.36. The van der Waals surface area contributed by atoms with Gasteiger partial charge in [-0.05, 0) is 25.5 Å². The van der Waals surface area contributed by atoms with E-state index in [4.69, 9.17) is 9.72 Å². The number of hydrogen-bond donors (Lipinski definition) is 1. The van der Waals surface area contributed by atoms with Gasteiger partial charge in [-0.25, -0.2) is 9.97 Å². The summed E-state index contributed by atoms with van der Waals surface area (Å²) in [7, 11) is 1.63. The van der Waals surface area contributed by atoms with E-state index in [9.17, 15) is 4.79 Å². The van der Waals surface area contributed by atoms with Crippen LogP contribution in [0.15, 0.2) is 67.0 Å². The molecule has 0 radical (unpaired) electrons. The SMILES string of the molecule is C=C1CC(c2nc3ccc(OC)cc3[nH]2)N(C(=O)c2nccnc2-c2ccc(C)cc2)C1. The second-order valence-corrected chi connectivity index (χ2v) is 8.03. The van der Waals surface area contributed by atoms with Crippen molar-refractivity contribution in [2.24, 2.45) is 0 Å². The standard InChI is InChI=1S/C25H23N5O2/c1-15-4-6-17(7-5-15)22-23(27-11-10-26-22)25(31)30-14-16(2)12-21(30)24-28-19-9-8-18(32-3)13-20(19)29-24/h4-11,13,21H,2,12,14H2,1,3H3,(H,28,29). The number of ether oxygens (including phenoxy) is 1. The molecular weight excluding hydrogens is 402 g/mol. The number of amides is 1. The van der Waals surface area contributed by atoms with Gasteiger partial charge in [0.25, 0.3) is 5.91 Å². The van der Waals surface area contributed by atoms with Crippen LogP contribution in [0.25, 0.3) is 22.3 Å². The van der Waals surface area contributed by atoms with Gasteiger partial charge in [0, 0.05) is 30.6 Å². The van der Waals surface area contributed by atoms with Crippen molar-refractivity contribution in [3.05, 3.63) is 84.1 Å². The first-order valence-electron chi connectivity index (χ1n) is 10.4. The molecule has 5 rings (SSSR count). The molecule has 1 atom stereocenters. The van der Waals surface area contributed by atoms with Gasteiger partial charge in [-0.1, -0.05) is 42.0 Å². The molecule has 0 bridgehead atoms. The molecule has 2 aromatic carbocycles. The summed E-state index contributed by atoms with van der Waals surface area (Å²) in [4.78, 5) is 32.4. The number of H-pyrrole nitrogens is 1. The molecule has 4 aromatic rings. The lowest BCUT2D eigenvalue weighted by Crippen LogP contribution is -2.32. The van der Waals surface area contributed by atoms with Crippen molar-refractivity contribution < 1.29 is 9.53 Å². The molecule has 1 N–H and O–H groups in total. The Bertz CT molecular complexity index is 1330. The van der Waals surface area contributed by atoms with E-state index in [-0.39, 0.29) is 11.9 Å². The third-order valence-electron chi connectivity index (χ3n) is 5.76. The van der Waals surface area contributed by atoms with Gasteiger partial charge in [0.2, 0.25) is 0 Å².